The summed E-state index contributed by atoms with van der Waals surface area (Å²) in [6, 6.07) is 4.78. The number of halogens is 1. The van der Waals surface area contributed by atoms with Crippen molar-refractivity contribution in [3.8, 4) is 0 Å². The zero-order valence-corrected chi connectivity index (χ0v) is 10.5. The Morgan fingerprint density at radius 3 is 2.71 bits per heavy atom. The normalized spacial score (nSPS) is 12.2. The maximum Gasteiger partial charge on any atom is 0.238 e. The molecule has 3 nitrogen and oxygen atoms in total. The van der Waals surface area contributed by atoms with Crippen LogP contribution in [0.15, 0.2) is 18.2 Å². The van der Waals surface area contributed by atoms with Gasteiger partial charge in [-0.3, -0.25) is 4.79 Å². The van der Waals surface area contributed by atoms with Crippen molar-refractivity contribution < 1.29 is 9.18 Å². The van der Waals surface area contributed by atoms with E-state index in [2.05, 4.69) is 10.6 Å². The molecular weight excluding hydrogens is 219 g/mol. The van der Waals surface area contributed by atoms with Gasteiger partial charge < -0.3 is 10.6 Å². The SMILES string of the molecule is CCC(C)NCC(=O)Nc1cc(C)cc(F)c1. The van der Waals surface area contributed by atoms with Crippen LogP contribution in [-0.4, -0.2) is 18.5 Å². The van der Waals surface area contributed by atoms with Gasteiger partial charge in [0.1, 0.15) is 5.82 Å². The Kier molecular flexibility index (Phi) is 5.10. The van der Waals surface area contributed by atoms with Crippen LogP contribution in [0.2, 0.25) is 0 Å². The van der Waals surface area contributed by atoms with Gasteiger partial charge in [0.2, 0.25) is 5.91 Å². The summed E-state index contributed by atoms with van der Waals surface area (Å²) >= 11 is 0. The molecule has 1 amide bonds. The Balaban J connectivity index is 2.50. The fourth-order valence-electron chi connectivity index (χ4n) is 1.42. The summed E-state index contributed by atoms with van der Waals surface area (Å²) in [5, 5.41) is 5.74. The second-order valence-corrected chi connectivity index (χ2v) is 4.26. The van der Waals surface area contributed by atoms with E-state index in [4.69, 9.17) is 0 Å². The Bertz CT molecular complexity index is 373. The number of amides is 1. The van der Waals surface area contributed by atoms with Gasteiger partial charge in [-0.15, -0.1) is 0 Å². The summed E-state index contributed by atoms with van der Waals surface area (Å²) in [6.07, 6.45) is 0.965. The summed E-state index contributed by atoms with van der Waals surface area (Å²) in [5.41, 5.74) is 1.29. The number of carbonyl (C=O) groups excluding carboxylic acids is 1. The number of benzene rings is 1. The molecule has 1 aromatic rings. The summed E-state index contributed by atoms with van der Waals surface area (Å²) in [7, 11) is 0. The molecule has 0 saturated heterocycles. The maximum absolute atomic E-state index is 13.1. The third-order valence-corrected chi connectivity index (χ3v) is 2.55. The number of hydrogen-bond acceptors (Lipinski definition) is 2. The first-order valence-corrected chi connectivity index (χ1v) is 5.81. The number of aryl methyl sites for hydroxylation is 1. The number of rotatable bonds is 5. The fraction of sp³-hybridized carbons (Fsp3) is 0.462. The van der Waals surface area contributed by atoms with Crippen LogP contribution in [0.3, 0.4) is 0 Å². The lowest BCUT2D eigenvalue weighted by molar-refractivity contribution is -0.115. The molecule has 0 radical (unpaired) electrons. The summed E-state index contributed by atoms with van der Waals surface area (Å²) < 4.78 is 13.1. The highest BCUT2D eigenvalue weighted by molar-refractivity contribution is 5.92. The molecular formula is C13H19FN2O. The van der Waals surface area contributed by atoms with Gasteiger partial charge in [-0.25, -0.2) is 4.39 Å². The van der Waals surface area contributed by atoms with E-state index in [9.17, 15) is 9.18 Å². The maximum atomic E-state index is 13.1. The molecule has 0 aliphatic rings. The van der Waals surface area contributed by atoms with Crippen LogP contribution in [0.1, 0.15) is 25.8 Å². The van der Waals surface area contributed by atoms with Crippen LogP contribution < -0.4 is 10.6 Å². The molecule has 4 heteroatoms. The molecule has 94 valence electrons. The summed E-state index contributed by atoms with van der Waals surface area (Å²) in [5.74, 6) is -0.495. The minimum atomic E-state index is -0.338. The van der Waals surface area contributed by atoms with Gasteiger partial charge in [0.25, 0.3) is 0 Å². The number of hydrogen-bond donors (Lipinski definition) is 2. The van der Waals surface area contributed by atoms with Gasteiger partial charge in [0, 0.05) is 11.7 Å². The molecule has 0 aliphatic carbocycles. The van der Waals surface area contributed by atoms with Crippen molar-refractivity contribution in [2.45, 2.75) is 33.2 Å². The van der Waals surface area contributed by atoms with Crippen molar-refractivity contribution >= 4 is 11.6 Å². The van der Waals surface area contributed by atoms with E-state index in [1.165, 1.54) is 12.1 Å². The van der Waals surface area contributed by atoms with Crippen LogP contribution in [0.5, 0.6) is 0 Å². The molecule has 1 unspecified atom stereocenters. The van der Waals surface area contributed by atoms with Gasteiger partial charge >= 0.3 is 0 Å². The van der Waals surface area contributed by atoms with Gasteiger partial charge in [-0.2, -0.15) is 0 Å². The van der Waals surface area contributed by atoms with Crippen molar-refractivity contribution in [3.63, 3.8) is 0 Å². The van der Waals surface area contributed by atoms with Crippen LogP contribution in [-0.2, 0) is 4.79 Å². The van der Waals surface area contributed by atoms with Crippen LogP contribution in [0, 0.1) is 12.7 Å². The molecule has 1 atom stereocenters. The molecule has 0 bridgehead atoms. The quantitative estimate of drug-likeness (QED) is 0.827. The van der Waals surface area contributed by atoms with Crippen molar-refractivity contribution in [3.05, 3.63) is 29.6 Å². The zero-order valence-electron chi connectivity index (χ0n) is 10.5. The lowest BCUT2D eigenvalue weighted by atomic mass is 10.2. The zero-order chi connectivity index (χ0) is 12.8. The Labute approximate surface area is 101 Å². The predicted molar refractivity (Wildman–Crippen MR) is 67.5 cm³/mol. The molecule has 1 aromatic carbocycles. The van der Waals surface area contributed by atoms with Crippen molar-refractivity contribution in [1.82, 2.24) is 5.32 Å². The van der Waals surface area contributed by atoms with E-state index >= 15 is 0 Å². The predicted octanol–water partition coefficient (Wildman–Crippen LogP) is 2.46. The van der Waals surface area contributed by atoms with Crippen LogP contribution in [0.4, 0.5) is 10.1 Å². The Hall–Kier alpha value is -1.42. The first kappa shape index (κ1) is 13.6. The standard InChI is InChI=1S/C13H19FN2O/c1-4-10(3)15-8-13(17)16-12-6-9(2)5-11(14)7-12/h5-7,10,15H,4,8H2,1-3H3,(H,16,17). The van der Waals surface area contributed by atoms with Crippen molar-refractivity contribution in [2.24, 2.45) is 0 Å². The van der Waals surface area contributed by atoms with Crippen LogP contribution >= 0.6 is 0 Å². The average molecular weight is 238 g/mol. The topological polar surface area (TPSA) is 41.1 Å². The first-order chi connectivity index (χ1) is 8.01. The molecule has 0 aromatic heterocycles. The van der Waals surface area contributed by atoms with E-state index < -0.39 is 0 Å². The molecule has 17 heavy (non-hydrogen) atoms. The Morgan fingerprint density at radius 2 is 2.12 bits per heavy atom. The number of carbonyl (C=O) groups is 1. The van der Waals surface area contributed by atoms with Crippen molar-refractivity contribution in [1.29, 1.82) is 0 Å². The molecule has 2 N–H and O–H groups in total. The second-order valence-electron chi connectivity index (χ2n) is 4.26. The van der Waals surface area contributed by atoms with E-state index in [0.717, 1.165) is 12.0 Å². The lowest BCUT2D eigenvalue weighted by Crippen LogP contribution is -2.33. The lowest BCUT2D eigenvalue weighted by Gasteiger charge is -2.11. The van der Waals surface area contributed by atoms with E-state index in [-0.39, 0.29) is 18.3 Å². The minimum absolute atomic E-state index is 0.157. The molecule has 0 saturated carbocycles. The van der Waals surface area contributed by atoms with Gasteiger partial charge in [0.05, 0.1) is 6.54 Å². The van der Waals surface area contributed by atoms with E-state index in [0.29, 0.717) is 11.7 Å². The molecule has 0 heterocycles. The summed E-state index contributed by atoms with van der Waals surface area (Å²) in [6.45, 7) is 6.09. The third-order valence-electron chi connectivity index (χ3n) is 2.55. The van der Waals surface area contributed by atoms with Gasteiger partial charge in [-0.05, 0) is 44.0 Å². The van der Waals surface area contributed by atoms with Crippen LogP contribution in [0.25, 0.3) is 0 Å². The number of anilines is 1. The largest absolute Gasteiger partial charge is 0.325 e. The first-order valence-electron chi connectivity index (χ1n) is 5.81. The minimum Gasteiger partial charge on any atom is -0.325 e. The smallest absolute Gasteiger partial charge is 0.238 e. The summed E-state index contributed by atoms with van der Waals surface area (Å²) in [4.78, 5) is 11.6. The van der Waals surface area contributed by atoms with Crippen molar-refractivity contribution in [2.75, 3.05) is 11.9 Å². The molecule has 0 aliphatic heterocycles. The number of nitrogens with one attached hydrogen (secondary N) is 2. The highest BCUT2D eigenvalue weighted by atomic mass is 19.1. The monoisotopic (exact) mass is 238 g/mol. The van der Waals surface area contributed by atoms with E-state index in [1.54, 1.807) is 13.0 Å². The second kappa shape index (κ2) is 6.35. The highest BCUT2D eigenvalue weighted by Crippen LogP contribution is 2.12. The fourth-order valence-corrected chi connectivity index (χ4v) is 1.42. The molecule has 1 rings (SSSR count). The third kappa shape index (κ3) is 4.95. The van der Waals surface area contributed by atoms with Gasteiger partial charge in [-0.1, -0.05) is 6.92 Å². The molecule has 0 spiro atoms. The highest BCUT2D eigenvalue weighted by Gasteiger charge is 2.05. The Morgan fingerprint density at radius 1 is 1.41 bits per heavy atom. The average Bonchev–Trinajstić information content (AvgIpc) is 2.24. The molecule has 0 fully saturated rings. The van der Waals surface area contributed by atoms with E-state index in [1.807, 2.05) is 13.8 Å². The van der Waals surface area contributed by atoms with Gasteiger partial charge in [0.15, 0.2) is 0 Å².